The van der Waals surface area contributed by atoms with Crippen LogP contribution in [0.15, 0.2) is 18.2 Å². The fourth-order valence-corrected chi connectivity index (χ4v) is 1.83. The van der Waals surface area contributed by atoms with Crippen LogP contribution in [0, 0.1) is 0 Å². The SMILES string of the molecule is CNCc1cc(Cl)ccc1OCCOCCCOC. The highest BCUT2D eigenvalue weighted by molar-refractivity contribution is 6.30. The van der Waals surface area contributed by atoms with Gasteiger partial charge in [0.1, 0.15) is 12.4 Å². The van der Waals surface area contributed by atoms with E-state index in [1.165, 1.54) is 0 Å². The molecule has 0 bridgehead atoms. The van der Waals surface area contributed by atoms with Crippen molar-refractivity contribution in [1.82, 2.24) is 5.32 Å². The van der Waals surface area contributed by atoms with Crippen molar-refractivity contribution in [3.63, 3.8) is 0 Å². The molecule has 0 saturated carbocycles. The fraction of sp³-hybridized carbons (Fsp3) is 0.571. The molecule has 5 heteroatoms. The topological polar surface area (TPSA) is 39.7 Å². The highest BCUT2D eigenvalue weighted by Crippen LogP contribution is 2.22. The molecule has 0 aliphatic rings. The Labute approximate surface area is 120 Å². The molecule has 1 aromatic rings. The van der Waals surface area contributed by atoms with Crippen LogP contribution in [0.3, 0.4) is 0 Å². The lowest BCUT2D eigenvalue weighted by atomic mass is 10.2. The van der Waals surface area contributed by atoms with Crippen molar-refractivity contribution in [3.05, 3.63) is 28.8 Å². The Balaban J connectivity index is 2.28. The van der Waals surface area contributed by atoms with Crippen molar-refractivity contribution in [2.75, 3.05) is 40.6 Å². The average molecular weight is 288 g/mol. The molecule has 0 aliphatic heterocycles. The second-order valence-corrected chi connectivity index (χ2v) is 4.53. The van der Waals surface area contributed by atoms with Crippen LogP contribution in [-0.2, 0) is 16.0 Å². The molecule has 0 saturated heterocycles. The van der Waals surface area contributed by atoms with E-state index in [-0.39, 0.29) is 0 Å². The van der Waals surface area contributed by atoms with Crippen molar-refractivity contribution in [3.8, 4) is 5.75 Å². The molecule has 0 atom stereocenters. The van der Waals surface area contributed by atoms with Gasteiger partial charge in [0.25, 0.3) is 0 Å². The lowest BCUT2D eigenvalue weighted by Crippen LogP contribution is -2.11. The third-order valence-corrected chi connectivity index (χ3v) is 2.75. The molecular weight excluding hydrogens is 266 g/mol. The molecule has 0 amide bonds. The third kappa shape index (κ3) is 6.78. The lowest BCUT2D eigenvalue weighted by molar-refractivity contribution is 0.0804. The van der Waals surface area contributed by atoms with Gasteiger partial charge in [0.05, 0.1) is 6.61 Å². The van der Waals surface area contributed by atoms with E-state index in [0.29, 0.717) is 24.8 Å². The zero-order chi connectivity index (χ0) is 13.9. The van der Waals surface area contributed by atoms with Crippen molar-refractivity contribution in [2.24, 2.45) is 0 Å². The van der Waals surface area contributed by atoms with Gasteiger partial charge in [-0.3, -0.25) is 0 Å². The number of benzene rings is 1. The number of ether oxygens (including phenoxy) is 3. The van der Waals surface area contributed by atoms with Gasteiger partial charge in [-0.2, -0.15) is 0 Å². The molecule has 1 N–H and O–H groups in total. The molecule has 0 fully saturated rings. The Hall–Kier alpha value is -0.810. The highest BCUT2D eigenvalue weighted by atomic mass is 35.5. The summed E-state index contributed by atoms with van der Waals surface area (Å²) in [5, 5.41) is 3.81. The molecule has 0 radical (unpaired) electrons. The second-order valence-electron chi connectivity index (χ2n) is 4.09. The monoisotopic (exact) mass is 287 g/mol. The minimum Gasteiger partial charge on any atom is -0.491 e. The molecule has 0 aliphatic carbocycles. The van der Waals surface area contributed by atoms with E-state index in [1.54, 1.807) is 7.11 Å². The summed E-state index contributed by atoms with van der Waals surface area (Å²) in [6.45, 7) is 3.26. The van der Waals surface area contributed by atoms with Gasteiger partial charge in [0.15, 0.2) is 0 Å². The fourth-order valence-electron chi connectivity index (χ4n) is 1.64. The first-order valence-corrected chi connectivity index (χ1v) is 6.78. The van der Waals surface area contributed by atoms with Gasteiger partial charge in [-0.25, -0.2) is 0 Å². The van der Waals surface area contributed by atoms with Gasteiger partial charge in [0, 0.05) is 37.5 Å². The van der Waals surface area contributed by atoms with E-state index in [4.69, 9.17) is 25.8 Å². The summed E-state index contributed by atoms with van der Waals surface area (Å²) in [5.41, 5.74) is 1.05. The Kier molecular flexibility index (Phi) is 8.58. The molecule has 0 unspecified atom stereocenters. The predicted molar refractivity (Wildman–Crippen MR) is 77.0 cm³/mol. The number of hydrogen-bond acceptors (Lipinski definition) is 4. The van der Waals surface area contributed by atoms with E-state index in [9.17, 15) is 0 Å². The summed E-state index contributed by atoms with van der Waals surface area (Å²) in [7, 11) is 3.58. The van der Waals surface area contributed by atoms with E-state index >= 15 is 0 Å². The van der Waals surface area contributed by atoms with Crippen molar-refractivity contribution < 1.29 is 14.2 Å². The van der Waals surface area contributed by atoms with Crippen LogP contribution >= 0.6 is 11.6 Å². The van der Waals surface area contributed by atoms with Gasteiger partial charge >= 0.3 is 0 Å². The third-order valence-electron chi connectivity index (χ3n) is 2.51. The van der Waals surface area contributed by atoms with Crippen LogP contribution in [-0.4, -0.2) is 40.6 Å². The van der Waals surface area contributed by atoms with E-state index in [1.807, 2.05) is 25.2 Å². The Morgan fingerprint density at radius 2 is 2.00 bits per heavy atom. The quantitative estimate of drug-likeness (QED) is 0.671. The minimum atomic E-state index is 0.533. The molecule has 108 valence electrons. The van der Waals surface area contributed by atoms with Crippen LogP contribution in [0.4, 0.5) is 0 Å². The van der Waals surface area contributed by atoms with Crippen molar-refractivity contribution >= 4 is 11.6 Å². The summed E-state index contributed by atoms with van der Waals surface area (Å²) in [4.78, 5) is 0. The Bertz CT molecular complexity index is 361. The molecule has 0 spiro atoms. The molecule has 4 nitrogen and oxygen atoms in total. The number of rotatable bonds is 10. The molecule has 1 rings (SSSR count). The van der Waals surface area contributed by atoms with Gasteiger partial charge in [-0.05, 0) is 31.7 Å². The summed E-state index contributed by atoms with van der Waals surface area (Å²) in [6, 6.07) is 5.63. The molecular formula is C14H22ClNO3. The summed E-state index contributed by atoms with van der Waals surface area (Å²) in [5.74, 6) is 0.847. The maximum atomic E-state index is 5.96. The maximum absolute atomic E-state index is 5.96. The van der Waals surface area contributed by atoms with Gasteiger partial charge in [-0.1, -0.05) is 11.6 Å². The second kappa shape index (κ2) is 10.0. The van der Waals surface area contributed by atoms with Crippen LogP contribution < -0.4 is 10.1 Å². The average Bonchev–Trinajstić information content (AvgIpc) is 2.40. The Morgan fingerprint density at radius 3 is 2.74 bits per heavy atom. The summed E-state index contributed by atoms with van der Waals surface area (Å²) < 4.78 is 16.1. The largest absolute Gasteiger partial charge is 0.491 e. The Morgan fingerprint density at radius 1 is 1.16 bits per heavy atom. The van der Waals surface area contributed by atoms with E-state index < -0.39 is 0 Å². The van der Waals surface area contributed by atoms with Gasteiger partial charge in [0.2, 0.25) is 0 Å². The summed E-state index contributed by atoms with van der Waals surface area (Å²) >= 11 is 5.96. The normalized spacial score (nSPS) is 10.7. The van der Waals surface area contributed by atoms with E-state index in [2.05, 4.69) is 5.32 Å². The standard InChI is InChI=1S/C14H22ClNO3/c1-16-11-12-10-13(15)4-5-14(12)19-9-8-18-7-3-6-17-2/h4-5,10,16H,3,6-9,11H2,1-2H3. The molecule has 19 heavy (non-hydrogen) atoms. The minimum absolute atomic E-state index is 0.533. The summed E-state index contributed by atoms with van der Waals surface area (Å²) in [6.07, 6.45) is 0.905. The van der Waals surface area contributed by atoms with Crippen LogP contribution in [0.1, 0.15) is 12.0 Å². The number of halogens is 1. The van der Waals surface area contributed by atoms with E-state index in [0.717, 1.165) is 30.9 Å². The van der Waals surface area contributed by atoms with Gasteiger partial charge < -0.3 is 19.5 Å². The molecule has 0 aromatic heterocycles. The first-order chi connectivity index (χ1) is 9.27. The maximum Gasteiger partial charge on any atom is 0.124 e. The van der Waals surface area contributed by atoms with Crippen LogP contribution in [0.25, 0.3) is 0 Å². The van der Waals surface area contributed by atoms with Gasteiger partial charge in [-0.15, -0.1) is 0 Å². The zero-order valence-corrected chi connectivity index (χ0v) is 12.3. The lowest BCUT2D eigenvalue weighted by Gasteiger charge is -2.12. The number of methoxy groups -OCH3 is 1. The van der Waals surface area contributed by atoms with Crippen molar-refractivity contribution in [1.29, 1.82) is 0 Å². The first kappa shape index (κ1) is 16.2. The van der Waals surface area contributed by atoms with Crippen molar-refractivity contribution in [2.45, 2.75) is 13.0 Å². The molecule has 1 aromatic carbocycles. The number of hydrogen-bond donors (Lipinski definition) is 1. The highest BCUT2D eigenvalue weighted by Gasteiger charge is 2.04. The predicted octanol–water partition coefficient (Wildman–Crippen LogP) is 2.49. The number of nitrogens with one attached hydrogen (secondary N) is 1. The zero-order valence-electron chi connectivity index (χ0n) is 11.6. The van der Waals surface area contributed by atoms with Crippen LogP contribution in [0.2, 0.25) is 5.02 Å². The first-order valence-electron chi connectivity index (χ1n) is 6.40. The smallest absolute Gasteiger partial charge is 0.124 e. The molecule has 0 heterocycles. The van der Waals surface area contributed by atoms with Crippen LogP contribution in [0.5, 0.6) is 5.75 Å².